The van der Waals surface area contributed by atoms with Crippen LogP contribution in [0.1, 0.15) is 36.3 Å². The summed E-state index contributed by atoms with van der Waals surface area (Å²) in [6.45, 7) is 2.12. The van der Waals surface area contributed by atoms with Crippen LogP contribution in [0.4, 0.5) is 5.69 Å². The third kappa shape index (κ3) is 1.50. The van der Waals surface area contributed by atoms with Gasteiger partial charge in [-0.15, -0.1) is 0 Å². The molecular formula is C12H18N2. The van der Waals surface area contributed by atoms with Gasteiger partial charge in [-0.3, -0.25) is 0 Å². The molecule has 1 fully saturated rings. The molecular weight excluding hydrogens is 172 g/mol. The van der Waals surface area contributed by atoms with Gasteiger partial charge in [-0.05, 0) is 37.0 Å². The molecule has 1 aromatic rings. The summed E-state index contributed by atoms with van der Waals surface area (Å²) < 4.78 is 0. The summed E-state index contributed by atoms with van der Waals surface area (Å²) in [7, 11) is 0. The first-order valence-electron chi connectivity index (χ1n) is 5.30. The molecule has 0 aromatic heterocycles. The van der Waals surface area contributed by atoms with Crippen molar-refractivity contribution in [3.05, 3.63) is 29.3 Å². The van der Waals surface area contributed by atoms with Crippen molar-refractivity contribution in [1.82, 2.24) is 0 Å². The monoisotopic (exact) mass is 190 g/mol. The Morgan fingerprint density at radius 2 is 2.07 bits per heavy atom. The molecule has 76 valence electrons. The summed E-state index contributed by atoms with van der Waals surface area (Å²) in [5.41, 5.74) is 15.6. The van der Waals surface area contributed by atoms with Gasteiger partial charge in [-0.2, -0.15) is 0 Å². The van der Waals surface area contributed by atoms with E-state index in [1.165, 1.54) is 24.0 Å². The van der Waals surface area contributed by atoms with Crippen LogP contribution in [-0.2, 0) is 0 Å². The first-order chi connectivity index (χ1) is 6.70. The lowest BCUT2D eigenvalue weighted by molar-refractivity contribution is 0.612. The fraction of sp³-hybridized carbons (Fsp3) is 0.500. The fourth-order valence-corrected chi connectivity index (χ4v) is 2.56. The molecule has 2 rings (SSSR count). The number of nitrogens with two attached hydrogens (primary N) is 2. The first kappa shape index (κ1) is 9.53. The molecule has 1 aliphatic carbocycles. The Bertz CT molecular complexity index is 313. The minimum absolute atomic E-state index is 0.304. The van der Waals surface area contributed by atoms with Crippen LogP contribution in [0.5, 0.6) is 0 Å². The lowest BCUT2D eigenvalue weighted by atomic mass is 9.89. The molecule has 0 heterocycles. The Balaban J connectivity index is 2.39. The van der Waals surface area contributed by atoms with Crippen LogP contribution in [0.15, 0.2) is 18.2 Å². The van der Waals surface area contributed by atoms with Crippen LogP contribution in [0.3, 0.4) is 0 Å². The SMILES string of the molecule is Cc1cccc(N)c1C1CCCC1N. The highest BCUT2D eigenvalue weighted by Crippen LogP contribution is 2.37. The number of rotatable bonds is 1. The predicted molar refractivity (Wildman–Crippen MR) is 60.2 cm³/mol. The van der Waals surface area contributed by atoms with Crippen molar-refractivity contribution in [2.45, 2.75) is 38.1 Å². The van der Waals surface area contributed by atoms with Gasteiger partial charge in [0.15, 0.2) is 0 Å². The first-order valence-corrected chi connectivity index (χ1v) is 5.30. The summed E-state index contributed by atoms with van der Waals surface area (Å²) in [6, 6.07) is 6.41. The van der Waals surface area contributed by atoms with Crippen molar-refractivity contribution in [1.29, 1.82) is 0 Å². The highest BCUT2D eigenvalue weighted by atomic mass is 14.7. The molecule has 0 radical (unpaired) electrons. The van der Waals surface area contributed by atoms with E-state index in [-0.39, 0.29) is 0 Å². The Morgan fingerprint density at radius 3 is 2.64 bits per heavy atom. The maximum absolute atomic E-state index is 6.09. The van der Waals surface area contributed by atoms with Gasteiger partial charge in [0.2, 0.25) is 0 Å². The van der Waals surface area contributed by atoms with Crippen LogP contribution < -0.4 is 11.5 Å². The minimum Gasteiger partial charge on any atom is -0.398 e. The number of aryl methyl sites for hydroxylation is 1. The van der Waals surface area contributed by atoms with E-state index >= 15 is 0 Å². The van der Waals surface area contributed by atoms with E-state index in [2.05, 4.69) is 13.0 Å². The average Bonchev–Trinajstić information content (AvgIpc) is 2.52. The number of benzene rings is 1. The van der Waals surface area contributed by atoms with E-state index in [1.54, 1.807) is 0 Å². The van der Waals surface area contributed by atoms with Crippen LogP contribution in [0, 0.1) is 6.92 Å². The molecule has 1 saturated carbocycles. The zero-order chi connectivity index (χ0) is 10.1. The number of anilines is 1. The Morgan fingerprint density at radius 1 is 1.29 bits per heavy atom. The van der Waals surface area contributed by atoms with Crippen molar-refractivity contribution in [3.63, 3.8) is 0 Å². The van der Waals surface area contributed by atoms with Crippen molar-refractivity contribution < 1.29 is 0 Å². The molecule has 0 saturated heterocycles. The van der Waals surface area contributed by atoms with Gasteiger partial charge in [-0.1, -0.05) is 18.6 Å². The lowest BCUT2D eigenvalue weighted by Crippen LogP contribution is -2.24. The molecule has 1 aliphatic rings. The van der Waals surface area contributed by atoms with E-state index < -0.39 is 0 Å². The Kier molecular flexibility index (Phi) is 2.46. The fourth-order valence-electron chi connectivity index (χ4n) is 2.56. The molecule has 4 N–H and O–H groups in total. The van der Waals surface area contributed by atoms with E-state index in [4.69, 9.17) is 11.5 Å². The molecule has 1 aromatic carbocycles. The number of nitrogen functional groups attached to an aromatic ring is 1. The zero-order valence-corrected chi connectivity index (χ0v) is 8.66. The quantitative estimate of drug-likeness (QED) is 0.667. The maximum atomic E-state index is 6.09. The summed E-state index contributed by atoms with van der Waals surface area (Å²) in [6.07, 6.45) is 3.56. The zero-order valence-electron chi connectivity index (χ0n) is 8.66. The van der Waals surface area contributed by atoms with E-state index in [0.29, 0.717) is 12.0 Å². The molecule has 2 nitrogen and oxygen atoms in total. The van der Waals surface area contributed by atoms with Gasteiger partial charge in [0.1, 0.15) is 0 Å². The molecule has 2 unspecified atom stereocenters. The molecule has 0 aliphatic heterocycles. The van der Waals surface area contributed by atoms with Crippen molar-refractivity contribution >= 4 is 5.69 Å². The van der Waals surface area contributed by atoms with Crippen LogP contribution in [0.2, 0.25) is 0 Å². The van der Waals surface area contributed by atoms with Crippen molar-refractivity contribution in [2.75, 3.05) is 5.73 Å². The summed E-state index contributed by atoms with van der Waals surface area (Å²) in [4.78, 5) is 0. The second-order valence-electron chi connectivity index (χ2n) is 4.28. The second-order valence-corrected chi connectivity index (χ2v) is 4.28. The molecule has 0 amide bonds. The third-order valence-corrected chi connectivity index (χ3v) is 3.30. The summed E-state index contributed by atoms with van der Waals surface area (Å²) in [5, 5.41) is 0. The van der Waals surface area contributed by atoms with Crippen LogP contribution >= 0.6 is 0 Å². The molecule has 14 heavy (non-hydrogen) atoms. The van der Waals surface area contributed by atoms with Gasteiger partial charge in [0.05, 0.1) is 0 Å². The average molecular weight is 190 g/mol. The summed E-state index contributed by atoms with van der Waals surface area (Å²) in [5.74, 6) is 0.483. The molecule has 0 spiro atoms. The van der Waals surface area contributed by atoms with E-state index in [0.717, 1.165) is 12.1 Å². The number of hydrogen-bond acceptors (Lipinski definition) is 2. The minimum atomic E-state index is 0.304. The number of hydrogen-bond donors (Lipinski definition) is 2. The van der Waals surface area contributed by atoms with Gasteiger partial charge in [0.25, 0.3) is 0 Å². The predicted octanol–water partition coefficient (Wildman–Crippen LogP) is 2.17. The highest BCUT2D eigenvalue weighted by Gasteiger charge is 2.27. The van der Waals surface area contributed by atoms with Gasteiger partial charge < -0.3 is 11.5 Å². The molecule has 2 heteroatoms. The van der Waals surface area contributed by atoms with Crippen molar-refractivity contribution in [3.8, 4) is 0 Å². The highest BCUT2D eigenvalue weighted by molar-refractivity contribution is 5.53. The van der Waals surface area contributed by atoms with Gasteiger partial charge in [0, 0.05) is 17.6 Å². The van der Waals surface area contributed by atoms with Gasteiger partial charge in [-0.25, -0.2) is 0 Å². The van der Waals surface area contributed by atoms with E-state index in [9.17, 15) is 0 Å². The standard InChI is InChI=1S/C12H18N2/c1-8-4-2-7-11(14)12(8)9-5-3-6-10(9)13/h2,4,7,9-10H,3,5-6,13-14H2,1H3. The smallest absolute Gasteiger partial charge is 0.0352 e. The Labute approximate surface area is 85.3 Å². The topological polar surface area (TPSA) is 52.0 Å². The van der Waals surface area contributed by atoms with Crippen LogP contribution in [-0.4, -0.2) is 6.04 Å². The lowest BCUT2D eigenvalue weighted by Gasteiger charge is -2.20. The summed E-state index contributed by atoms with van der Waals surface area (Å²) >= 11 is 0. The van der Waals surface area contributed by atoms with Gasteiger partial charge >= 0.3 is 0 Å². The second kappa shape index (κ2) is 3.62. The van der Waals surface area contributed by atoms with E-state index in [1.807, 2.05) is 12.1 Å². The molecule has 2 atom stereocenters. The normalized spacial score (nSPS) is 26.7. The third-order valence-electron chi connectivity index (χ3n) is 3.30. The van der Waals surface area contributed by atoms with Crippen LogP contribution in [0.25, 0.3) is 0 Å². The molecule has 0 bridgehead atoms. The van der Waals surface area contributed by atoms with Crippen molar-refractivity contribution in [2.24, 2.45) is 5.73 Å². The Hall–Kier alpha value is -1.02. The largest absolute Gasteiger partial charge is 0.398 e. The maximum Gasteiger partial charge on any atom is 0.0352 e.